The zero-order valence-electron chi connectivity index (χ0n) is 11.4. The molecule has 2 aromatic rings. The van der Waals surface area contributed by atoms with Gasteiger partial charge in [0.15, 0.2) is 5.82 Å². The Morgan fingerprint density at radius 1 is 1.19 bits per heavy atom. The normalized spacial score (nSPS) is 11.7. The number of hydrogen-bond donors (Lipinski definition) is 1. The van der Waals surface area contributed by atoms with E-state index in [0.717, 1.165) is 6.26 Å². The minimum Gasteiger partial charge on any atom is -0.445 e. The van der Waals surface area contributed by atoms with Crippen LogP contribution >= 0.6 is 0 Å². The highest BCUT2D eigenvalue weighted by Crippen LogP contribution is 2.15. The van der Waals surface area contributed by atoms with Crippen molar-refractivity contribution in [2.75, 3.05) is 11.6 Å². The lowest BCUT2D eigenvalue weighted by molar-refractivity contribution is -0.114. The number of nitrogens with one attached hydrogen (secondary N) is 1. The van der Waals surface area contributed by atoms with Gasteiger partial charge in [-0.15, -0.1) is 10.2 Å². The minimum atomic E-state index is -3.35. The third-order valence-corrected chi connectivity index (χ3v) is 3.33. The molecule has 2 rings (SSSR count). The maximum Gasteiger partial charge on any atom is 0.222 e. The Morgan fingerprint density at radius 2 is 1.95 bits per heavy atom. The monoisotopic (exact) mass is 307 g/mol. The molecule has 0 fully saturated rings. The number of sulfone groups is 1. The number of amides is 1. The summed E-state index contributed by atoms with van der Waals surface area (Å²) >= 11 is 0. The van der Waals surface area contributed by atoms with Crippen LogP contribution in [0.3, 0.4) is 0 Å². The van der Waals surface area contributed by atoms with Gasteiger partial charge in [-0.2, -0.15) is 0 Å². The minimum absolute atomic E-state index is 0.0887. The molecule has 0 radical (unpaired) electrons. The van der Waals surface area contributed by atoms with Crippen LogP contribution in [0.5, 0.6) is 0 Å². The lowest BCUT2D eigenvalue weighted by Crippen LogP contribution is -2.07. The second kappa shape index (κ2) is 5.88. The molecular formula is C13H13N3O4S. The van der Waals surface area contributed by atoms with Crippen molar-refractivity contribution in [3.8, 4) is 0 Å². The van der Waals surface area contributed by atoms with Crippen LogP contribution in [0.1, 0.15) is 18.4 Å². The van der Waals surface area contributed by atoms with Crippen LogP contribution in [-0.2, 0) is 14.6 Å². The van der Waals surface area contributed by atoms with Crippen molar-refractivity contribution in [2.24, 2.45) is 0 Å². The SMILES string of the molecule is CC(=O)Nc1ccc(/C=C/c2ccc(S(C)(=O)=O)o2)nn1. The van der Waals surface area contributed by atoms with Gasteiger partial charge in [-0.1, -0.05) is 0 Å². The van der Waals surface area contributed by atoms with E-state index in [9.17, 15) is 13.2 Å². The fourth-order valence-corrected chi connectivity index (χ4v) is 2.03. The van der Waals surface area contributed by atoms with Gasteiger partial charge in [-0.3, -0.25) is 4.79 Å². The molecule has 0 saturated carbocycles. The molecule has 0 saturated heterocycles. The molecule has 0 aromatic carbocycles. The zero-order chi connectivity index (χ0) is 15.5. The Morgan fingerprint density at radius 3 is 2.48 bits per heavy atom. The summed E-state index contributed by atoms with van der Waals surface area (Å²) in [6, 6.07) is 6.21. The summed E-state index contributed by atoms with van der Waals surface area (Å²) in [5, 5.41) is 10.1. The topological polar surface area (TPSA) is 102 Å². The summed E-state index contributed by atoms with van der Waals surface area (Å²) in [5.41, 5.74) is 0.543. The first-order valence-corrected chi connectivity index (χ1v) is 7.83. The molecule has 1 N–H and O–H groups in total. The number of rotatable bonds is 4. The van der Waals surface area contributed by atoms with E-state index >= 15 is 0 Å². The van der Waals surface area contributed by atoms with Crippen LogP contribution in [0.2, 0.25) is 0 Å². The molecule has 0 aliphatic heterocycles. The first kappa shape index (κ1) is 14.9. The molecule has 0 unspecified atom stereocenters. The van der Waals surface area contributed by atoms with Crippen molar-refractivity contribution in [2.45, 2.75) is 12.0 Å². The number of aromatic nitrogens is 2. The van der Waals surface area contributed by atoms with Gasteiger partial charge in [0, 0.05) is 13.2 Å². The average Bonchev–Trinajstić information content (AvgIpc) is 2.86. The Bertz CT molecular complexity index is 776. The van der Waals surface area contributed by atoms with Gasteiger partial charge in [0.25, 0.3) is 0 Å². The molecular weight excluding hydrogens is 294 g/mol. The molecule has 2 aromatic heterocycles. The molecule has 0 atom stereocenters. The molecule has 0 aliphatic carbocycles. The van der Waals surface area contributed by atoms with Gasteiger partial charge in [0.05, 0.1) is 5.69 Å². The van der Waals surface area contributed by atoms with Gasteiger partial charge in [-0.25, -0.2) is 8.42 Å². The van der Waals surface area contributed by atoms with Crippen LogP contribution in [0.4, 0.5) is 5.82 Å². The van der Waals surface area contributed by atoms with E-state index in [1.54, 1.807) is 30.4 Å². The number of hydrogen-bond acceptors (Lipinski definition) is 6. The zero-order valence-corrected chi connectivity index (χ0v) is 12.2. The number of anilines is 1. The Labute approximate surface area is 121 Å². The second-order valence-corrected chi connectivity index (χ2v) is 6.23. The largest absolute Gasteiger partial charge is 0.445 e. The van der Waals surface area contributed by atoms with Gasteiger partial charge < -0.3 is 9.73 Å². The number of carbonyl (C=O) groups excluding carboxylic acids is 1. The predicted molar refractivity (Wildman–Crippen MR) is 77.1 cm³/mol. The molecule has 8 heteroatoms. The fraction of sp³-hybridized carbons (Fsp3) is 0.154. The third-order valence-electron chi connectivity index (χ3n) is 2.38. The molecule has 110 valence electrons. The van der Waals surface area contributed by atoms with Crippen molar-refractivity contribution in [1.82, 2.24) is 10.2 Å². The van der Waals surface area contributed by atoms with E-state index in [4.69, 9.17) is 4.42 Å². The van der Waals surface area contributed by atoms with Gasteiger partial charge in [0.1, 0.15) is 5.76 Å². The standard InChI is InChI=1S/C13H13N3O4S/c1-9(17)14-12-7-4-10(15-16-12)3-5-11-6-8-13(20-11)21(2,18)19/h3-8H,1-2H3,(H,14,16,17)/b5-3+. The predicted octanol–water partition coefficient (Wildman–Crippen LogP) is 1.60. The fourth-order valence-electron chi connectivity index (χ4n) is 1.47. The van der Waals surface area contributed by atoms with Crippen molar-refractivity contribution >= 4 is 33.7 Å². The first-order valence-electron chi connectivity index (χ1n) is 5.94. The van der Waals surface area contributed by atoms with E-state index in [0.29, 0.717) is 17.3 Å². The summed E-state index contributed by atoms with van der Waals surface area (Å²) < 4.78 is 27.7. The maximum atomic E-state index is 11.3. The second-order valence-electron chi connectivity index (χ2n) is 4.29. The molecule has 0 bridgehead atoms. The van der Waals surface area contributed by atoms with Crippen molar-refractivity contribution in [3.63, 3.8) is 0 Å². The number of nitrogens with zero attached hydrogens (tertiary/aromatic N) is 2. The third kappa shape index (κ3) is 4.25. The molecule has 0 aliphatic rings. The van der Waals surface area contributed by atoms with E-state index in [1.807, 2.05) is 0 Å². The van der Waals surface area contributed by atoms with E-state index < -0.39 is 9.84 Å². The smallest absolute Gasteiger partial charge is 0.222 e. The van der Waals surface area contributed by atoms with Crippen LogP contribution < -0.4 is 5.32 Å². The van der Waals surface area contributed by atoms with Crippen LogP contribution in [0, 0.1) is 0 Å². The highest BCUT2D eigenvalue weighted by atomic mass is 32.2. The van der Waals surface area contributed by atoms with Crippen molar-refractivity contribution in [1.29, 1.82) is 0 Å². The summed E-state index contributed by atoms with van der Waals surface area (Å²) in [5.74, 6) is 0.525. The van der Waals surface area contributed by atoms with Crippen LogP contribution in [-0.4, -0.2) is 30.8 Å². The average molecular weight is 307 g/mol. The quantitative estimate of drug-likeness (QED) is 0.920. The van der Waals surface area contributed by atoms with Crippen molar-refractivity contribution in [3.05, 3.63) is 35.7 Å². The first-order chi connectivity index (χ1) is 9.84. The highest BCUT2D eigenvalue weighted by Gasteiger charge is 2.11. The lowest BCUT2D eigenvalue weighted by atomic mass is 10.3. The Kier molecular flexibility index (Phi) is 4.18. The molecule has 2 heterocycles. The maximum absolute atomic E-state index is 11.3. The van der Waals surface area contributed by atoms with Crippen LogP contribution in [0.15, 0.2) is 33.8 Å². The summed E-state index contributed by atoms with van der Waals surface area (Å²) in [4.78, 5) is 10.8. The summed E-state index contributed by atoms with van der Waals surface area (Å²) in [7, 11) is -3.35. The van der Waals surface area contributed by atoms with E-state index in [-0.39, 0.29) is 11.0 Å². The molecule has 21 heavy (non-hydrogen) atoms. The van der Waals surface area contributed by atoms with Gasteiger partial charge >= 0.3 is 0 Å². The summed E-state index contributed by atoms with van der Waals surface area (Å²) in [6.07, 6.45) is 4.28. The van der Waals surface area contributed by atoms with Crippen molar-refractivity contribution < 1.29 is 17.6 Å². The summed E-state index contributed by atoms with van der Waals surface area (Å²) in [6.45, 7) is 1.38. The van der Waals surface area contributed by atoms with E-state index in [2.05, 4.69) is 15.5 Å². The number of carbonyl (C=O) groups is 1. The lowest BCUT2D eigenvalue weighted by Gasteiger charge is -1.98. The van der Waals surface area contributed by atoms with E-state index in [1.165, 1.54) is 13.0 Å². The highest BCUT2D eigenvalue weighted by molar-refractivity contribution is 7.90. The molecule has 7 nitrogen and oxygen atoms in total. The Balaban J connectivity index is 2.10. The molecule has 0 spiro atoms. The van der Waals surface area contributed by atoms with Gasteiger partial charge in [0.2, 0.25) is 20.8 Å². The number of furan rings is 1. The van der Waals surface area contributed by atoms with Gasteiger partial charge in [-0.05, 0) is 36.4 Å². The molecule has 1 amide bonds. The van der Waals surface area contributed by atoms with Crippen LogP contribution in [0.25, 0.3) is 12.2 Å². The Hall–Kier alpha value is -2.48.